The summed E-state index contributed by atoms with van der Waals surface area (Å²) >= 11 is 0. The second kappa shape index (κ2) is 12.2. The van der Waals surface area contributed by atoms with E-state index >= 15 is 0 Å². The number of para-hydroxylation sites is 2. The van der Waals surface area contributed by atoms with Crippen molar-refractivity contribution in [1.82, 2.24) is 14.5 Å². The van der Waals surface area contributed by atoms with Crippen molar-refractivity contribution < 1.29 is 0 Å². The van der Waals surface area contributed by atoms with E-state index in [-0.39, 0.29) is 0 Å². The molecule has 49 heavy (non-hydrogen) atoms. The molecule has 2 heterocycles. The number of rotatable bonds is 6. The number of hydrogen-bond acceptors (Lipinski definition) is 2. The van der Waals surface area contributed by atoms with E-state index in [0.717, 1.165) is 44.9 Å². The Labute approximate surface area is 285 Å². The summed E-state index contributed by atoms with van der Waals surface area (Å²) in [6.07, 6.45) is 0. The molecule has 0 saturated heterocycles. The number of fused-ring (bicyclic) bond motifs is 3. The Hall–Kier alpha value is -6.58. The third-order valence-electron chi connectivity index (χ3n) is 9.20. The van der Waals surface area contributed by atoms with Crippen molar-refractivity contribution in [2.24, 2.45) is 0 Å². The van der Waals surface area contributed by atoms with E-state index in [4.69, 9.17) is 9.97 Å². The van der Waals surface area contributed by atoms with Crippen LogP contribution in [0.25, 0.3) is 83.6 Å². The maximum absolute atomic E-state index is 5.18. The van der Waals surface area contributed by atoms with Gasteiger partial charge in [0.25, 0.3) is 0 Å². The standard InChI is InChI=1S/C46H31N3/c1-4-14-32(15-5-1)36-28-37(33-16-6-2-7-17-33)30-38(29-36)43-31-42(47-46(48-43)35-18-8-3-9-19-35)34-24-26-39(27-25-34)49-44-22-12-10-20-40(44)41-21-11-13-23-45(41)49/h1-31H. The summed E-state index contributed by atoms with van der Waals surface area (Å²) in [6, 6.07) is 66.2. The maximum Gasteiger partial charge on any atom is 0.160 e. The molecule has 0 fully saturated rings. The van der Waals surface area contributed by atoms with Gasteiger partial charge in [-0.1, -0.05) is 140 Å². The summed E-state index contributed by atoms with van der Waals surface area (Å²) in [7, 11) is 0. The third kappa shape index (κ3) is 5.38. The topological polar surface area (TPSA) is 30.7 Å². The molecule has 0 aliphatic carbocycles. The first-order chi connectivity index (χ1) is 24.3. The van der Waals surface area contributed by atoms with Crippen LogP contribution in [0.2, 0.25) is 0 Å². The van der Waals surface area contributed by atoms with Crippen LogP contribution in [0.5, 0.6) is 0 Å². The zero-order valence-corrected chi connectivity index (χ0v) is 26.7. The number of nitrogens with zero attached hydrogens (tertiary/aromatic N) is 3. The molecule has 0 N–H and O–H groups in total. The Morgan fingerprint density at radius 1 is 0.306 bits per heavy atom. The van der Waals surface area contributed by atoms with Gasteiger partial charge in [-0.25, -0.2) is 9.97 Å². The number of hydrogen-bond donors (Lipinski definition) is 0. The van der Waals surface area contributed by atoms with Gasteiger partial charge >= 0.3 is 0 Å². The van der Waals surface area contributed by atoms with Crippen molar-refractivity contribution in [2.75, 3.05) is 0 Å². The lowest BCUT2D eigenvalue weighted by Gasteiger charge is -2.14. The minimum Gasteiger partial charge on any atom is -0.309 e. The van der Waals surface area contributed by atoms with Crippen LogP contribution < -0.4 is 0 Å². The molecule has 9 rings (SSSR count). The Bertz CT molecular complexity index is 2460. The van der Waals surface area contributed by atoms with Gasteiger partial charge < -0.3 is 4.57 Å². The first kappa shape index (κ1) is 28.6. The van der Waals surface area contributed by atoms with E-state index in [1.165, 1.54) is 32.9 Å². The van der Waals surface area contributed by atoms with Crippen LogP contribution in [-0.2, 0) is 0 Å². The molecule has 0 aliphatic rings. The first-order valence-corrected chi connectivity index (χ1v) is 16.6. The summed E-state index contributed by atoms with van der Waals surface area (Å²) in [5.41, 5.74) is 12.9. The molecular formula is C46H31N3. The van der Waals surface area contributed by atoms with Crippen LogP contribution in [0.15, 0.2) is 188 Å². The van der Waals surface area contributed by atoms with Gasteiger partial charge in [-0.15, -0.1) is 0 Å². The van der Waals surface area contributed by atoms with Gasteiger partial charge in [-0.05, 0) is 70.8 Å². The summed E-state index contributed by atoms with van der Waals surface area (Å²) in [5.74, 6) is 0.700. The lowest BCUT2D eigenvalue weighted by Crippen LogP contribution is -1.97. The smallest absolute Gasteiger partial charge is 0.160 e. The quantitative estimate of drug-likeness (QED) is 0.184. The molecule has 3 nitrogen and oxygen atoms in total. The van der Waals surface area contributed by atoms with Gasteiger partial charge in [0.1, 0.15) is 0 Å². The Balaban J connectivity index is 1.20. The number of benzene rings is 7. The van der Waals surface area contributed by atoms with Crippen LogP contribution in [0, 0.1) is 0 Å². The van der Waals surface area contributed by atoms with Gasteiger partial charge in [0.05, 0.1) is 22.4 Å². The van der Waals surface area contributed by atoms with Gasteiger partial charge in [0.2, 0.25) is 0 Å². The SMILES string of the molecule is c1ccc(-c2cc(-c3ccccc3)cc(-c3cc(-c4ccc(-n5c6ccccc6c6ccccc65)cc4)nc(-c4ccccc4)n3)c2)cc1. The fourth-order valence-electron chi connectivity index (χ4n) is 6.81. The second-order valence-electron chi connectivity index (χ2n) is 12.3. The summed E-state index contributed by atoms with van der Waals surface area (Å²) < 4.78 is 2.34. The molecule has 0 aliphatic heterocycles. The average molecular weight is 626 g/mol. The highest BCUT2D eigenvalue weighted by Gasteiger charge is 2.15. The molecule has 9 aromatic rings. The highest BCUT2D eigenvalue weighted by molar-refractivity contribution is 6.09. The third-order valence-corrected chi connectivity index (χ3v) is 9.20. The fourth-order valence-corrected chi connectivity index (χ4v) is 6.81. The zero-order valence-electron chi connectivity index (χ0n) is 26.7. The van der Waals surface area contributed by atoms with Crippen LogP contribution in [0.4, 0.5) is 0 Å². The maximum atomic E-state index is 5.18. The van der Waals surface area contributed by atoms with Gasteiger partial charge in [0.15, 0.2) is 5.82 Å². The van der Waals surface area contributed by atoms with Crippen molar-refractivity contribution >= 4 is 21.8 Å². The van der Waals surface area contributed by atoms with Crippen LogP contribution in [0.3, 0.4) is 0 Å². The minimum atomic E-state index is 0.700. The molecule has 0 amide bonds. The normalized spacial score (nSPS) is 11.3. The molecule has 7 aromatic carbocycles. The predicted molar refractivity (Wildman–Crippen MR) is 204 cm³/mol. The molecule has 0 atom stereocenters. The molecule has 0 spiro atoms. The predicted octanol–water partition coefficient (Wildman–Crippen LogP) is 11.9. The molecule has 0 unspecified atom stereocenters. The molecule has 0 saturated carbocycles. The molecule has 0 radical (unpaired) electrons. The molecule has 3 heteroatoms. The van der Waals surface area contributed by atoms with E-state index in [0.29, 0.717) is 5.82 Å². The zero-order chi connectivity index (χ0) is 32.6. The van der Waals surface area contributed by atoms with E-state index in [1.54, 1.807) is 0 Å². The summed E-state index contributed by atoms with van der Waals surface area (Å²) in [6.45, 7) is 0. The van der Waals surface area contributed by atoms with E-state index in [2.05, 4.69) is 174 Å². The molecule has 230 valence electrons. The molecule has 2 aromatic heterocycles. The largest absolute Gasteiger partial charge is 0.309 e. The van der Waals surface area contributed by atoms with Gasteiger partial charge in [-0.2, -0.15) is 0 Å². The molecular weight excluding hydrogens is 595 g/mol. The van der Waals surface area contributed by atoms with Crippen molar-refractivity contribution in [3.8, 4) is 61.8 Å². The minimum absolute atomic E-state index is 0.700. The lowest BCUT2D eigenvalue weighted by atomic mass is 9.94. The van der Waals surface area contributed by atoms with Crippen LogP contribution >= 0.6 is 0 Å². The molecule has 0 bridgehead atoms. The second-order valence-corrected chi connectivity index (χ2v) is 12.3. The van der Waals surface area contributed by atoms with Gasteiger partial charge in [0, 0.05) is 33.2 Å². The lowest BCUT2D eigenvalue weighted by molar-refractivity contribution is 1.17. The van der Waals surface area contributed by atoms with Crippen LogP contribution in [-0.4, -0.2) is 14.5 Å². The fraction of sp³-hybridized carbons (Fsp3) is 0. The van der Waals surface area contributed by atoms with E-state index < -0.39 is 0 Å². The first-order valence-electron chi connectivity index (χ1n) is 16.6. The summed E-state index contributed by atoms with van der Waals surface area (Å²) in [4.78, 5) is 10.3. The van der Waals surface area contributed by atoms with Crippen molar-refractivity contribution in [1.29, 1.82) is 0 Å². The van der Waals surface area contributed by atoms with Crippen molar-refractivity contribution in [2.45, 2.75) is 0 Å². The van der Waals surface area contributed by atoms with Crippen molar-refractivity contribution in [3.63, 3.8) is 0 Å². The van der Waals surface area contributed by atoms with Crippen LogP contribution in [0.1, 0.15) is 0 Å². The number of aromatic nitrogens is 3. The Kier molecular flexibility index (Phi) is 7.14. The highest BCUT2D eigenvalue weighted by atomic mass is 15.0. The van der Waals surface area contributed by atoms with Crippen molar-refractivity contribution in [3.05, 3.63) is 188 Å². The monoisotopic (exact) mass is 625 g/mol. The Morgan fingerprint density at radius 3 is 1.27 bits per heavy atom. The van der Waals surface area contributed by atoms with Gasteiger partial charge in [-0.3, -0.25) is 0 Å². The average Bonchev–Trinajstić information content (AvgIpc) is 3.53. The van der Waals surface area contributed by atoms with E-state index in [1.807, 2.05) is 18.2 Å². The van der Waals surface area contributed by atoms with E-state index in [9.17, 15) is 0 Å². The Morgan fingerprint density at radius 2 is 0.735 bits per heavy atom. The summed E-state index contributed by atoms with van der Waals surface area (Å²) in [5, 5.41) is 2.51. The highest BCUT2D eigenvalue weighted by Crippen LogP contribution is 2.36.